The molecule has 0 spiro atoms. The Hall–Kier alpha value is -1.97. The molecule has 0 unspecified atom stereocenters. The predicted octanol–water partition coefficient (Wildman–Crippen LogP) is 5.90. The van der Waals surface area contributed by atoms with Gasteiger partial charge in [0, 0.05) is 17.7 Å². The first-order valence-corrected chi connectivity index (χ1v) is 9.28. The summed E-state index contributed by atoms with van der Waals surface area (Å²) in [6, 6.07) is 14.0. The fourth-order valence-electron chi connectivity index (χ4n) is 3.30. The second kappa shape index (κ2) is 6.74. The first kappa shape index (κ1) is 16.5. The van der Waals surface area contributed by atoms with Crippen molar-refractivity contribution in [2.75, 3.05) is 11.9 Å². The van der Waals surface area contributed by atoms with Gasteiger partial charge in [0.05, 0.1) is 15.7 Å². The lowest BCUT2D eigenvalue weighted by Crippen LogP contribution is -2.07. The van der Waals surface area contributed by atoms with Crippen LogP contribution in [0.3, 0.4) is 0 Å². The van der Waals surface area contributed by atoms with Gasteiger partial charge in [0.1, 0.15) is 11.5 Å². The molecule has 1 N–H and O–H groups in total. The maximum absolute atomic E-state index is 6.47. The number of benzene rings is 2. The van der Waals surface area contributed by atoms with Crippen molar-refractivity contribution in [1.29, 1.82) is 0 Å². The third-order valence-electron chi connectivity index (χ3n) is 4.61. The first-order valence-electron chi connectivity index (χ1n) is 8.52. The Kier molecular flexibility index (Phi) is 4.45. The van der Waals surface area contributed by atoms with Gasteiger partial charge in [-0.05, 0) is 50.5 Å². The minimum atomic E-state index is 0.633. The topological polar surface area (TPSA) is 29.9 Å². The average Bonchev–Trinajstić information content (AvgIpc) is 2.78. The van der Waals surface area contributed by atoms with E-state index >= 15 is 0 Å². The molecule has 2 heterocycles. The largest absolute Gasteiger partial charge is 0.370 e. The Morgan fingerprint density at radius 3 is 2.44 bits per heavy atom. The number of hydrogen-bond acceptors (Lipinski definition) is 2. The Balaban J connectivity index is 1.95. The third-order valence-corrected chi connectivity index (χ3v) is 5.24. The Bertz CT molecular complexity index is 893. The molecule has 0 bridgehead atoms. The first-order chi connectivity index (χ1) is 12.1. The van der Waals surface area contributed by atoms with E-state index in [-0.39, 0.29) is 0 Å². The molecule has 0 saturated heterocycles. The smallest absolute Gasteiger partial charge is 0.133 e. The Morgan fingerprint density at radius 1 is 1.00 bits per heavy atom. The molecule has 0 radical (unpaired) electrons. The molecule has 4 rings (SSSR count). The second-order valence-electron chi connectivity index (χ2n) is 6.40. The number of nitrogens with zero attached hydrogens (tertiary/aromatic N) is 2. The lowest BCUT2D eigenvalue weighted by Gasteiger charge is -2.09. The number of rotatable bonds is 2. The molecule has 3 aromatic rings. The summed E-state index contributed by atoms with van der Waals surface area (Å²) in [5, 5.41) is 9.73. The zero-order valence-electron chi connectivity index (χ0n) is 14.0. The van der Waals surface area contributed by atoms with Crippen LogP contribution in [0.15, 0.2) is 42.5 Å². The molecule has 0 amide bonds. The van der Waals surface area contributed by atoms with E-state index in [2.05, 4.69) is 36.5 Å². The molecule has 3 nitrogen and oxygen atoms in total. The van der Waals surface area contributed by atoms with Crippen LogP contribution in [-0.4, -0.2) is 16.3 Å². The number of hydrogen-bond donors (Lipinski definition) is 1. The minimum Gasteiger partial charge on any atom is -0.370 e. The van der Waals surface area contributed by atoms with Crippen LogP contribution in [0, 0.1) is 6.92 Å². The highest BCUT2D eigenvalue weighted by atomic mass is 35.5. The molecule has 128 valence electrons. The molecule has 5 heteroatoms. The summed E-state index contributed by atoms with van der Waals surface area (Å²) in [6.45, 7) is 3.03. The van der Waals surface area contributed by atoms with Crippen LogP contribution in [-0.2, 0) is 6.42 Å². The van der Waals surface area contributed by atoms with E-state index in [0.717, 1.165) is 48.6 Å². The molecular weight excluding hydrogens is 353 g/mol. The fourth-order valence-corrected chi connectivity index (χ4v) is 3.88. The van der Waals surface area contributed by atoms with Gasteiger partial charge in [-0.2, -0.15) is 5.10 Å². The SMILES string of the molecule is Cc1ccc(-n2nc(-c3c(Cl)cccc3Cl)c3c2NCCCC3)cc1. The van der Waals surface area contributed by atoms with Crippen molar-refractivity contribution in [1.82, 2.24) is 9.78 Å². The van der Waals surface area contributed by atoms with E-state index in [1.54, 1.807) is 0 Å². The second-order valence-corrected chi connectivity index (χ2v) is 7.22. The third kappa shape index (κ3) is 3.03. The van der Waals surface area contributed by atoms with Crippen molar-refractivity contribution in [3.8, 4) is 16.9 Å². The van der Waals surface area contributed by atoms with E-state index in [1.807, 2.05) is 22.9 Å². The van der Waals surface area contributed by atoms with Crippen LogP contribution in [0.2, 0.25) is 10.0 Å². The number of anilines is 1. The molecular formula is C20H19Cl2N3. The number of halogens is 2. The predicted molar refractivity (Wildman–Crippen MR) is 105 cm³/mol. The van der Waals surface area contributed by atoms with Crippen LogP contribution in [0.25, 0.3) is 16.9 Å². The quantitative estimate of drug-likeness (QED) is 0.607. The summed E-state index contributed by atoms with van der Waals surface area (Å²) in [5.41, 5.74) is 5.14. The van der Waals surface area contributed by atoms with Crippen LogP contribution < -0.4 is 5.32 Å². The number of nitrogens with one attached hydrogen (secondary N) is 1. The van der Waals surface area contributed by atoms with Gasteiger partial charge in [0.2, 0.25) is 0 Å². The lowest BCUT2D eigenvalue weighted by molar-refractivity contribution is 0.780. The van der Waals surface area contributed by atoms with Crippen LogP contribution in [0.4, 0.5) is 5.82 Å². The number of fused-ring (bicyclic) bond motifs is 1. The van der Waals surface area contributed by atoms with Crippen molar-refractivity contribution < 1.29 is 0 Å². The number of aryl methyl sites for hydroxylation is 1. The van der Waals surface area contributed by atoms with E-state index < -0.39 is 0 Å². The maximum atomic E-state index is 6.47. The highest BCUT2D eigenvalue weighted by molar-refractivity contribution is 6.39. The standard InChI is InChI=1S/C20H19Cl2N3/c1-13-8-10-14(11-9-13)25-20-15(5-2-3-12-23-20)19(24-25)18-16(21)6-4-7-17(18)22/h4,6-11,23H,2-3,5,12H2,1H3. The summed E-state index contributed by atoms with van der Waals surface area (Å²) in [6.07, 6.45) is 3.22. The van der Waals surface area contributed by atoms with Crippen LogP contribution in [0.1, 0.15) is 24.0 Å². The molecule has 0 atom stereocenters. The highest BCUT2D eigenvalue weighted by Gasteiger charge is 2.24. The zero-order chi connectivity index (χ0) is 17.4. The molecule has 25 heavy (non-hydrogen) atoms. The average molecular weight is 372 g/mol. The minimum absolute atomic E-state index is 0.633. The van der Waals surface area contributed by atoms with Gasteiger partial charge in [-0.15, -0.1) is 0 Å². The Morgan fingerprint density at radius 2 is 1.72 bits per heavy atom. The summed E-state index contributed by atoms with van der Waals surface area (Å²) < 4.78 is 1.98. The van der Waals surface area contributed by atoms with Gasteiger partial charge in [-0.1, -0.05) is 47.0 Å². The molecule has 1 aliphatic heterocycles. The van der Waals surface area contributed by atoms with E-state index in [0.29, 0.717) is 10.0 Å². The summed E-state index contributed by atoms with van der Waals surface area (Å²) >= 11 is 12.9. The molecule has 2 aromatic carbocycles. The molecule has 0 aliphatic carbocycles. The fraction of sp³-hybridized carbons (Fsp3) is 0.250. The van der Waals surface area contributed by atoms with Crippen molar-refractivity contribution in [3.05, 3.63) is 63.6 Å². The van der Waals surface area contributed by atoms with Crippen molar-refractivity contribution in [3.63, 3.8) is 0 Å². The van der Waals surface area contributed by atoms with Crippen molar-refractivity contribution >= 4 is 29.0 Å². The summed E-state index contributed by atoms with van der Waals surface area (Å²) in [5.74, 6) is 1.05. The molecule has 0 fully saturated rings. The van der Waals surface area contributed by atoms with E-state index in [9.17, 15) is 0 Å². The molecule has 0 saturated carbocycles. The van der Waals surface area contributed by atoms with Crippen LogP contribution >= 0.6 is 23.2 Å². The zero-order valence-corrected chi connectivity index (χ0v) is 15.5. The lowest BCUT2D eigenvalue weighted by atomic mass is 10.0. The normalized spacial score (nSPS) is 13.9. The van der Waals surface area contributed by atoms with E-state index in [4.69, 9.17) is 28.3 Å². The highest BCUT2D eigenvalue weighted by Crippen LogP contribution is 2.40. The number of aromatic nitrogens is 2. The monoisotopic (exact) mass is 371 g/mol. The summed E-state index contributed by atoms with van der Waals surface area (Å²) in [4.78, 5) is 0. The van der Waals surface area contributed by atoms with Gasteiger partial charge in [-0.25, -0.2) is 4.68 Å². The van der Waals surface area contributed by atoms with Gasteiger partial charge in [-0.3, -0.25) is 0 Å². The van der Waals surface area contributed by atoms with E-state index in [1.165, 1.54) is 11.1 Å². The van der Waals surface area contributed by atoms with Gasteiger partial charge in [0.25, 0.3) is 0 Å². The molecule has 1 aromatic heterocycles. The summed E-state index contributed by atoms with van der Waals surface area (Å²) in [7, 11) is 0. The van der Waals surface area contributed by atoms with Crippen molar-refractivity contribution in [2.45, 2.75) is 26.2 Å². The van der Waals surface area contributed by atoms with Gasteiger partial charge < -0.3 is 5.32 Å². The van der Waals surface area contributed by atoms with Crippen LogP contribution in [0.5, 0.6) is 0 Å². The maximum Gasteiger partial charge on any atom is 0.133 e. The Labute approximate surface area is 157 Å². The van der Waals surface area contributed by atoms with Crippen molar-refractivity contribution in [2.24, 2.45) is 0 Å². The van der Waals surface area contributed by atoms with Gasteiger partial charge in [0.15, 0.2) is 0 Å². The molecule has 1 aliphatic rings. The van der Waals surface area contributed by atoms with Gasteiger partial charge >= 0.3 is 0 Å².